The summed E-state index contributed by atoms with van der Waals surface area (Å²) in [5.41, 5.74) is 0. The number of ether oxygens (including phenoxy) is 3. The molecule has 0 saturated heterocycles. The van der Waals surface area contributed by atoms with Crippen molar-refractivity contribution in [1.29, 1.82) is 0 Å². The standard InChI is InChI=1S/C73H126O6/c1-4-7-10-13-16-19-22-25-28-30-32-34-35-36-37-39-40-42-45-48-51-54-57-60-63-66-72(75)78-69-70(68-77-71(74)65-62-59-56-53-50-47-44-27-24-21-18-15-12-9-6-3)79-73(76)67-64-61-58-55-52-49-46-43-41-38-33-31-29-26-23-20-17-14-11-8-5-2/h9,12,18,21,23,26-27,31,33,41,43-44,50,53,59,62,70H,4-8,10-11,13-17,19-20,22,24-25,28-30,32,34-40,42,45-49,51-52,54-58,60-61,63-69H2,1-3H3/b12-9-,21-18-,26-23-,33-31-,43-41-,44-27-,53-50-,62-59-. The molecule has 0 heterocycles. The first-order valence-corrected chi connectivity index (χ1v) is 33.7. The molecule has 0 aromatic rings. The summed E-state index contributed by atoms with van der Waals surface area (Å²) in [5, 5.41) is 0. The summed E-state index contributed by atoms with van der Waals surface area (Å²) in [6.45, 7) is 6.46. The molecule has 0 bridgehead atoms. The quantitative estimate of drug-likeness (QED) is 0.0261. The minimum absolute atomic E-state index is 0.111. The third kappa shape index (κ3) is 65.0. The van der Waals surface area contributed by atoms with E-state index in [-0.39, 0.29) is 31.6 Å². The zero-order valence-electron chi connectivity index (χ0n) is 52.1. The van der Waals surface area contributed by atoms with Gasteiger partial charge < -0.3 is 14.2 Å². The first kappa shape index (κ1) is 75.3. The maximum atomic E-state index is 12.9. The lowest BCUT2D eigenvalue weighted by atomic mass is 10.0. The average Bonchev–Trinajstić information content (AvgIpc) is 3.45. The van der Waals surface area contributed by atoms with Crippen LogP contribution < -0.4 is 0 Å². The summed E-state index contributed by atoms with van der Waals surface area (Å²) in [7, 11) is 0. The van der Waals surface area contributed by atoms with Crippen LogP contribution in [0.1, 0.15) is 329 Å². The summed E-state index contributed by atoms with van der Waals surface area (Å²) in [6, 6.07) is 0. The zero-order chi connectivity index (χ0) is 57.1. The molecule has 6 nitrogen and oxygen atoms in total. The fourth-order valence-corrected chi connectivity index (χ4v) is 9.58. The van der Waals surface area contributed by atoms with Gasteiger partial charge in [-0.2, -0.15) is 0 Å². The average molecular weight is 1100 g/mol. The van der Waals surface area contributed by atoms with Gasteiger partial charge in [-0.15, -0.1) is 0 Å². The Bertz CT molecular complexity index is 1540. The van der Waals surface area contributed by atoms with Crippen molar-refractivity contribution in [3.63, 3.8) is 0 Å². The van der Waals surface area contributed by atoms with E-state index in [1.54, 1.807) is 6.08 Å². The van der Waals surface area contributed by atoms with Crippen LogP contribution in [0.15, 0.2) is 97.2 Å². The molecule has 0 N–H and O–H groups in total. The van der Waals surface area contributed by atoms with E-state index in [2.05, 4.69) is 106 Å². The molecule has 0 aliphatic heterocycles. The minimum atomic E-state index is -0.826. The molecule has 0 spiro atoms. The summed E-state index contributed by atoms with van der Waals surface area (Å²) in [5.74, 6) is -1.05. The Morgan fingerprint density at radius 1 is 0.278 bits per heavy atom. The summed E-state index contributed by atoms with van der Waals surface area (Å²) in [6.07, 6.45) is 90.3. The monoisotopic (exact) mass is 1100 g/mol. The molecule has 0 aromatic carbocycles. The summed E-state index contributed by atoms with van der Waals surface area (Å²) < 4.78 is 16.8. The van der Waals surface area contributed by atoms with Crippen LogP contribution in [0.4, 0.5) is 0 Å². The number of allylic oxidation sites excluding steroid dienone is 15. The number of carbonyl (C=O) groups excluding carboxylic acids is 3. The van der Waals surface area contributed by atoms with Gasteiger partial charge in [-0.3, -0.25) is 14.4 Å². The Morgan fingerprint density at radius 3 is 0.886 bits per heavy atom. The normalized spacial score (nSPS) is 12.7. The molecule has 0 fully saturated rings. The zero-order valence-corrected chi connectivity index (χ0v) is 52.1. The maximum Gasteiger partial charge on any atom is 0.309 e. The molecule has 1 atom stereocenters. The second kappa shape index (κ2) is 66.8. The number of hydrogen-bond acceptors (Lipinski definition) is 6. The van der Waals surface area contributed by atoms with Crippen molar-refractivity contribution in [2.45, 2.75) is 335 Å². The summed E-state index contributed by atoms with van der Waals surface area (Å²) >= 11 is 0. The molecule has 79 heavy (non-hydrogen) atoms. The number of unbranched alkanes of at least 4 members (excludes halogenated alkanes) is 35. The first-order chi connectivity index (χ1) is 39.0. The molecule has 0 aliphatic rings. The third-order valence-corrected chi connectivity index (χ3v) is 14.6. The minimum Gasteiger partial charge on any atom is -0.462 e. The highest BCUT2D eigenvalue weighted by Crippen LogP contribution is 2.17. The van der Waals surface area contributed by atoms with Crippen LogP contribution in [0.2, 0.25) is 0 Å². The molecule has 0 radical (unpaired) electrons. The van der Waals surface area contributed by atoms with Gasteiger partial charge in [0, 0.05) is 12.8 Å². The molecule has 1 unspecified atom stereocenters. The van der Waals surface area contributed by atoms with E-state index in [0.29, 0.717) is 12.8 Å². The van der Waals surface area contributed by atoms with Crippen LogP contribution in [-0.2, 0) is 28.6 Å². The van der Waals surface area contributed by atoms with Crippen molar-refractivity contribution >= 4 is 17.9 Å². The molecule has 6 heteroatoms. The largest absolute Gasteiger partial charge is 0.462 e. The van der Waals surface area contributed by atoms with Crippen LogP contribution in [-0.4, -0.2) is 37.2 Å². The molecule has 0 aliphatic carbocycles. The van der Waals surface area contributed by atoms with Crippen molar-refractivity contribution in [3.05, 3.63) is 97.2 Å². The van der Waals surface area contributed by atoms with E-state index in [4.69, 9.17) is 14.2 Å². The van der Waals surface area contributed by atoms with Gasteiger partial charge in [-0.25, -0.2) is 0 Å². The number of rotatable bonds is 61. The fourth-order valence-electron chi connectivity index (χ4n) is 9.58. The van der Waals surface area contributed by atoms with Crippen LogP contribution in [0.25, 0.3) is 0 Å². The predicted octanol–water partition coefficient (Wildman–Crippen LogP) is 23.2. The van der Waals surface area contributed by atoms with E-state index in [0.717, 1.165) is 96.3 Å². The van der Waals surface area contributed by atoms with Crippen molar-refractivity contribution in [3.8, 4) is 0 Å². The van der Waals surface area contributed by atoms with Crippen molar-refractivity contribution in [2.24, 2.45) is 0 Å². The molecule has 0 saturated carbocycles. The number of carbonyl (C=O) groups is 3. The predicted molar refractivity (Wildman–Crippen MR) is 344 cm³/mol. The van der Waals surface area contributed by atoms with Gasteiger partial charge in [0.05, 0.1) is 6.42 Å². The van der Waals surface area contributed by atoms with Gasteiger partial charge in [0.2, 0.25) is 0 Å². The van der Waals surface area contributed by atoms with Crippen LogP contribution in [0.5, 0.6) is 0 Å². The number of esters is 3. The molecule has 0 amide bonds. The molecular weight excluding hydrogens is 973 g/mol. The second-order valence-corrected chi connectivity index (χ2v) is 22.4. The fraction of sp³-hybridized carbons (Fsp3) is 0.740. The van der Waals surface area contributed by atoms with Gasteiger partial charge in [-0.1, -0.05) is 323 Å². The van der Waals surface area contributed by atoms with E-state index >= 15 is 0 Å². The van der Waals surface area contributed by atoms with Gasteiger partial charge >= 0.3 is 17.9 Å². The van der Waals surface area contributed by atoms with E-state index in [1.807, 2.05) is 6.08 Å². The van der Waals surface area contributed by atoms with E-state index in [1.165, 1.54) is 193 Å². The molecule has 0 aromatic heterocycles. The van der Waals surface area contributed by atoms with E-state index < -0.39 is 12.1 Å². The highest BCUT2D eigenvalue weighted by molar-refractivity contribution is 5.72. The van der Waals surface area contributed by atoms with Crippen LogP contribution in [0.3, 0.4) is 0 Å². The highest BCUT2D eigenvalue weighted by atomic mass is 16.6. The van der Waals surface area contributed by atoms with Crippen molar-refractivity contribution in [2.75, 3.05) is 13.2 Å². The van der Waals surface area contributed by atoms with Crippen LogP contribution >= 0.6 is 0 Å². The Kier molecular flexibility index (Phi) is 63.7. The Hall–Kier alpha value is -3.67. The lowest BCUT2D eigenvalue weighted by Crippen LogP contribution is -2.30. The maximum absolute atomic E-state index is 12.9. The highest BCUT2D eigenvalue weighted by Gasteiger charge is 2.19. The summed E-state index contributed by atoms with van der Waals surface area (Å²) in [4.78, 5) is 38.3. The van der Waals surface area contributed by atoms with Gasteiger partial charge in [0.15, 0.2) is 6.10 Å². The Labute approximate surface area is 489 Å². The smallest absolute Gasteiger partial charge is 0.309 e. The van der Waals surface area contributed by atoms with Gasteiger partial charge in [0.1, 0.15) is 13.2 Å². The Balaban J connectivity index is 4.39. The molecular formula is C73H126O6. The number of hydrogen-bond donors (Lipinski definition) is 0. The topological polar surface area (TPSA) is 78.9 Å². The second-order valence-electron chi connectivity index (χ2n) is 22.4. The van der Waals surface area contributed by atoms with Gasteiger partial charge in [-0.05, 0) is 83.5 Å². The lowest BCUT2D eigenvalue weighted by molar-refractivity contribution is -0.166. The molecule has 454 valence electrons. The van der Waals surface area contributed by atoms with Gasteiger partial charge in [0.25, 0.3) is 0 Å². The van der Waals surface area contributed by atoms with Crippen molar-refractivity contribution < 1.29 is 28.6 Å². The lowest BCUT2D eigenvalue weighted by Gasteiger charge is -2.18. The SMILES string of the molecule is CC/C=C\C/C=C\C/C=C\C/C=C\C/C=C\CC(=O)OCC(COC(=O)CCCCCCCCCCCCCCCCCCCCCCCCCCC)OC(=O)CCCCCCCC/C=C\C/C=C\C/C=C\CCCCCCC. The first-order valence-electron chi connectivity index (χ1n) is 33.7. The molecule has 0 rings (SSSR count). The van der Waals surface area contributed by atoms with Crippen LogP contribution in [0, 0.1) is 0 Å². The third-order valence-electron chi connectivity index (χ3n) is 14.6. The van der Waals surface area contributed by atoms with Crippen molar-refractivity contribution in [1.82, 2.24) is 0 Å². The van der Waals surface area contributed by atoms with E-state index in [9.17, 15) is 14.4 Å². The Morgan fingerprint density at radius 2 is 0.544 bits per heavy atom.